The molecule has 0 radical (unpaired) electrons. The van der Waals surface area contributed by atoms with E-state index in [4.69, 9.17) is 9.47 Å². The molecule has 1 heterocycles. The molecule has 0 saturated carbocycles. The Bertz CT molecular complexity index is 485. The van der Waals surface area contributed by atoms with Gasteiger partial charge in [0.25, 0.3) is 0 Å². The topological polar surface area (TPSA) is 18.5 Å². The number of rotatable bonds is 18. The minimum absolute atomic E-state index is 0.0395. The van der Waals surface area contributed by atoms with Crippen LogP contribution in [-0.4, -0.2) is 19.0 Å². The number of ether oxygens (including phenoxy) is 2. The Morgan fingerprint density at radius 2 is 1.33 bits per heavy atom. The first-order valence-corrected chi connectivity index (χ1v) is 14.7. The van der Waals surface area contributed by atoms with Crippen molar-refractivity contribution in [1.82, 2.24) is 0 Å². The van der Waals surface area contributed by atoms with Crippen LogP contribution in [0.3, 0.4) is 0 Å². The highest BCUT2D eigenvalue weighted by Gasteiger charge is 2.39. The maximum atomic E-state index is 6.36. The lowest BCUT2D eigenvalue weighted by molar-refractivity contribution is -0.252. The zero-order chi connectivity index (χ0) is 24.6. The molecule has 2 heteroatoms. The highest BCUT2D eigenvalue weighted by atomic mass is 16.7. The van der Waals surface area contributed by atoms with Gasteiger partial charge in [-0.1, -0.05) is 119 Å². The second-order valence-corrected chi connectivity index (χ2v) is 11.5. The van der Waals surface area contributed by atoms with Gasteiger partial charge in [-0.3, -0.25) is 0 Å². The van der Waals surface area contributed by atoms with E-state index in [1.165, 1.54) is 70.6 Å². The van der Waals surface area contributed by atoms with Gasteiger partial charge in [-0.05, 0) is 55.3 Å². The van der Waals surface area contributed by atoms with E-state index in [-0.39, 0.29) is 6.29 Å². The van der Waals surface area contributed by atoms with Crippen molar-refractivity contribution in [3.05, 3.63) is 12.2 Å². The number of hydrogen-bond donors (Lipinski definition) is 0. The van der Waals surface area contributed by atoms with Crippen LogP contribution in [0.25, 0.3) is 0 Å². The Labute approximate surface area is 208 Å². The molecule has 0 bridgehead atoms. The molecule has 0 aromatic carbocycles. The Kier molecular flexibility index (Phi) is 16.7. The monoisotopic (exact) mass is 464 g/mol. The Morgan fingerprint density at radius 1 is 0.727 bits per heavy atom. The lowest BCUT2D eigenvalue weighted by Gasteiger charge is -2.43. The molecule has 1 saturated heterocycles. The van der Waals surface area contributed by atoms with Gasteiger partial charge in [0, 0.05) is 5.92 Å². The lowest BCUT2D eigenvalue weighted by atomic mass is 9.78. The van der Waals surface area contributed by atoms with Crippen molar-refractivity contribution in [2.75, 3.05) is 6.61 Å². The van der Waals surface area contributed by atoms with E-state index in [2.05, 4.69) is 67.5 Å². The molecule has 1 aliphatic heterocycles. The largest absolute Gasteiger partial charge is 0.352 e. The molecule has 33 heavy (non-hydrogen) atoms. The summed E-state index contributed by atoms with van der Waals surface area (Å²) < 4.78 is 12.7. The zero-order valence-electron chi connectivity index (χ0n) is 23.8. The average molecular weight is 465 g/mol. The number of unbranched alkanes of at least 4 members (excludes halogenated alkanes) is 9. The summed E-state index contributed by atoms with van der Waals surface area (Å²) >= 11 is 0. The van der Waals surface area contributed by atoms with Gasteiger partial charge < -0.3 is 9.47 Å². The molecule has 0 spiro atoms. The minimum Gasteiger partial charge on any atom is -0.352 e. The molecule has 0 aromatic heterocycles. The van der Waals surface area contributed by atoms with Gasteiger partial charge in [0.15, 0.2) is 6.29 Å². The molecule has 0 amide bonds. The van der Waals surface area contributed by atoms with E-state index in [0.717, 1.165) is 13.0 Å². The molecule has 0 aliphatic carbocycles. The van der Waals surface area contributed by atoms with Crippen LogP contribution in [0.4, 0.5) is 0 Å². The van der Waals surface area contributed by atoms with E-state index in [1.54, 1.807) is 0 Å². The van der Waals surface area contributed by atoms with Crippen molar-refractivity contribution in [3.8, 4) is 0 Å². The number of hydrogen-bond acceptors (Lipinski definition) is 2. The SMILES string of the molecule is CCCCCCCCCCCC=CC[C@@H](C)[C@@H](C)[C@@H](C)COC1OC(CC)C(C)C(C)C1C. The molecular weight excluding hydrogens is 404 g/mol. The molecule has 0 aromatic rings. The standard InChI is InChI=1S/C31H60O2/c1-9-11-12-13-14-15-16-17-18-19-20-21-22-24(3)26(5)25(4)23-32-31-29(8)27(6)28(7)30(10-2)33-31/h20-21,24-31H,9-19,22-23H2,1-8H3/t24-,25+,26-,27?,28?,29?,30?,31?/m1/s1. The third-order valence-corrected chi connectivity index (χ3v) is 8.85. The highest BCUT2D eigenvalue weighted by molar-refractivity contribution is 4.85. The van der Waals surface area contributed by atoms with Crippen LogP contribution in [0.2, 0.25) is 0 Å². The maximum absolute atomic E-state index is 6.36. The molecule has 8 atom stereocenters. The maximum Gasteiger partial charge on any atom is 0.160 e. The van der Waals surface area contributed by atoms with Crippen LogP contribution in [0.15, 0.2) is 12.2 Å². The summed E-state index contributed by atoms with van der Waals surface area (Å²) in [6.07, 6.45) is 21.4. The van der Waals surface area contributed by atoms with E-state index < -0.39 is 0 Å². The van der Waals surface area contributed by atoms with Gasteiger partial charge in [-0.2, -0.15) is 0 Å². The van der Waals surface area contributed by atoms with Crippen LogP contribution in [0.1, 0.15) is 132 Å². The van der Waals surface area contributed by atoms with Crippen LogP contribution in [0, 0.1) is 35.5 Å². The van der Waals surface area contributed by atoms with Gasteiger partial charge in [0.1, 0.15) is 0 Å². The Morgan fingerprint density at radius 3 is 1.94 bits per heavy atom. The van der Waals surface area contributed by atoms with Crippen molar-refractivity contribution in [2.24, 2.45) is 35.5 Å². The summed E-state index contributed by atoms with van der Waals surface area (Å²) in [5.41, 5.74) is 0. The van der Waals surface area contributed by atoms with Crippen LogP contribution >= 0.6 is 0 Å². The smallest absolute Gasteiger partial charge is 0.160 e. The van der Waals surface area contributed by atoms with E-state index in [1.807, 2.05) is 0 Å². The van der Waals surface area contributed by atoms with E-state index >= 15 is 0 Å². The van der Waals surface area contributed by atoms with Gasteiger partial charge in [0.05, 0.1) is 12.7 Å². The summed E-state index contributed by atoms with van der Waals surface area (Å²) in [5.74, 6) is 3.62. The predicted octanol–water partition coefficient (Wildman–Crippen LogP) is 9.82. The second-order valence-electron chi connectivity index (χ2n) is 11.5. The molecule has 1 aliphatic rings. The quantitative estimate of drug-likeness (QED) is 0.148. The van der Waals surface area contributed by atoms with Crippen LogP contribution < -0.4 is 0 Å². The lowest BCUT2D eigenvalue weighted by Crippen LogP contribution is -2.46. The molecule has 1 rings (SSSR count). The number of allylic oxidation sites excluding steroid dienone is 2. The summed E-state index contributed by atoms with van der Waals surface area (Å²) in [4.78, 5) is 0. The summed E-state index contributed by atoms with van der Waals surface area (Å²) in [5, 5.41) is 0. The third-order valence-electron chi connectivity index (χ3n) is 8.85. The first-order valence-electron chi connectivity index (χ1n) is 14.7. The Balaban J connectivity index is 2.19. The van der Waals surface area contributed by atoms with Crippen LogP contribution in [-0.2, 0) is 9.47 Å². The highest BCUT2D eigenvalue weighted by Crippen LogP contribution is 2.37. The summed E-state index contributed by atoms with van der Waals surface area (Å²) in [7, 11) is 0. The van der Waals surface area contributed by atoms with Gasteiger partial charge in [-0.15, -0.1) is 0 Å². The summed E-state index contributed by atoms with van der Waals surface area (Å²) in [6, 6.07) is 0. The second kappa shape index (κ2) is 18.0. The molecule has 5 unspecified atom stereocenters. The normalized spacial score (nSPS) is 28.8. The first kappa shape index (κ1) is 30.7. The van der Waals surface area contributed by atoms with Crippen molar-refractivity contribution in [3.63, 3.8) is 0 Å². The molecule has 2 nitrogen and oxygen atoms in total. The third kappa shape index (κ3) is 11.8. The van der Waals surface area contributed by atoms with E-state index in [9.17, 15) is 0 Å². The fraction of sp³-hybridized carbons (Fsp3) is 0.935. The van der Waals surface area contributed by atoms with Crippen molar-refractivity contribution in [1.29, 1.82) is 0 Å². The van der Waals surface area contributed by atoms with E-state index in [0.29, 0.717) is 41.6 Å². The molecular formula is C31H60O2. The first-order chi connectivity index (χ1) is 15.8. The molecule has 1 fully saturated rings. The fourth-order valence-electron chi connectivity index (χ4n) is 5.32. The van der Waals surface area contributed by atoms with Gasteiger partial charge in [-0.25, -0.2) is 0 Å². The average Bonchev–Trinajstić information content (AvgIpc) is 2.82. The minimum atomic E-state index is -0.0395. The van der Waals surface area contributed by atoms with Crippen molar-refractivity contribution < 1.29 is 9.47 Å². The van der Waals surface area contributed by atoms with Crippen molar-refractivity contribution >= 4 is 0 Å². The van der Waals surface area contributed by atoms with Gasteiger partial charge in [0.2, 0.25) is 0 Å². The Hall–Kier alpha value is -0.340. The zero-order valence-corrected chi connectivity index (χ0v) is 23.8. The molecule has 0 N–H and O–H groups in total. The molecule has 196 valence electrons. The fourth-order valence-corrected chi connectivity index (χ4v) is 5.32. The van der Waals surface area contributed by atoms with Crippen LogP contribution in [0.5, 0.6) is 0 Å². The van der Waals surface area contributed by atoms with Crippen molar-refractivity contribution in [2.45, 2.75) is 145 Å². The van der Waals surface area contributed by atoms with Gasteiger partial charge >= 0.3 is 0 Å². The predicted molar refractivity (Wildman–Crippen MR) is 145 cm³/mol. The summed E-state index contributed by atoms with van der Waals surface area (Å²) in [6.45, 7) is 19.5.